The molecule has 4 rings (SSSR count). The average Bonchev–Trinajstić information content (AvgIpc) is 3.17. The van der Waals surface area contributed by atoms with E-state index in [1.807, 2.05) is 0 Å². The predicted octanol–water partition coefficient (Wildman–Crippen LogP) is 3.31. The van der Waals surface area contributed by atoms with Crippen LogP contribution in [0.4, 0.5) is 0 Å². The molecular formula is C19H27N5O. The SMILES string of the molecule is COc1ccc2c(c1)CN(C(C)c1nnnn1C1CCCCC1)CC2. The van der Waals surface area contributed by atoms with Gasteiger partial charge in [-0.05, 0) is 59.9 Å². The summed E-state index contributed by atoms with van der Waals surface area (Å²) in [5.41, 5.74) is 2.78. The van der Waals surface area contributed by atoms with Gasteiger partial charge in [-0.2, -0.15) is 0 Å². The average molecular weight is 341 g/mol. The molecule has 0 bridgehead atoms. The van der Waals surface area contributed by atoms with Crippen LogP contribution in [0.15, 0.2) is 18.2 Å². The summed E-state index contributed by atoms with van der Waals surface area (Å²) in [6, 6.07) is 7.11. The van der Waals surface area contributed by atoms with Gasteiger partial charge in [0.1, 0.15) is 5.75 Å². The van der Waals surface area contributed by atoms with Crippen LogP contribution in [0.25, 0.3) is 0 Å². The Kier molecular flexibility index (Phi) is 4.70. The lowest BCUT2D eigenvalue weighted by Crippen LogP contribution is -2.34. The van der Waals surface area contributed by atoms with E-state index in [2.05, 4.69) is 50.2 Å². The predicted molar refractivity (Wildman–Crippen MR) is 95.5 cm³/mol. The maximum atomic E-state index is 5.39. The number of rotatable bonds is 4. The van der Waals surface area contributed by atoms with Crippen LogP contribution < -0.4 is 4.74 Å². The fourth-order valence-electron chi connectivity index (χ4n) is 4.24. The molecule has 1 saturated carbocycles. The van der Waals surface area contributed by atoms with Crippen molar-refractivity contribution in [2.45, 2.75) is 64.1 Å². The monoisotopic (exact) mass is 341 g/mol. The van der Waals surface area contributed by atoms with Gasteiger partial charge in [0.25, 0.3) is 0 Å². The van der Waals surface area contributed by atoms with Gasteiger partial charge in [0, 0.05) is 13.1 Å². The molecule has 0 spiro atoms. The Labute approximate surface area is 149 Å². The van der Waals surface area contributed by atoms with E-state index in [-0.39, 0.29) is 6.04 Å². The van der Waals surface area contributed by atoms with Gasteiger partial charge in [-0.3, -0.25) is 4.90 Å². The van der Waals surface area contributed by atoms with Crippen LogP contribution in [0, 0.1) is 0 Å². The Morgan fingerprint density at radius 3 is 2.80 bits per heavy atom. The van der Waals surface area contributed by atoms with E-state index in [4.69, 9.17) is 4.74 Å². The lowest BCUT2D eigenvalue weighted by molar-refractivity contribution is 0.173. The van der Waals surface area contributed by atoms with E-state index in [0.29, 0.717) is 6.04 Å². The summed E-state index contributed by atoms with van der Waals surface area (Å²) in [5.74, 6) is 1.94. The van der Waals surface area contributed by atoms with Gasteiger partial charge in [-0.1, -0.05) is 25.3 Å². The zero-order chi connectivity index (χ0) is 17.2. The van der Waals surface area contributed by atoms with Crippen LogP contribution in [-0.2, 0) is 13.0 Å². The molecule has 1 aliphatic heterocycles. The summed E-state index contributed by atoms with van der Waals surface area (Å²) in [4.78, 5) is 2.48. The Morgan fingerprint density at radius 1 is 1.16 bits per heavy atom. The Balaban J connectivity index is 1.54. The minimum atomic E-state index is 0.219. The van der Waals surface area contributed by atoms with Crippen LogP contribution in [0.3, 0.4) is 0 Å². The fourth-order valence-corrected chi connectivity index (χ4v) is 4.24. The first-order chi connectivity index (χ1) is 12.3. The number of aromatic nitrogens is 4. The molecule has 0 radical (unpaired) electrons. The number of benzene rings is 1. The molecule has 1 unspecified atom stereocenters. The number of fused-ring (bicyclic) bond motifs is 1. The molecule has 1 aromatic heterocycles. The van der Waals surface area contributed by atoms with Gasteiger partial charge in [0.05, 0.1) is 19.2 Å². The van der Waals surface area contributed by atoms with Crippen LogP contribution in [0.5, 0.6) is 5.75 Å². The molecule has 2 aromatic rings. The summed E-state index contributed by atoms with van der Waals surface area (Å²) in [6.07, 6.45) is 7.38. The number of tetrazole rings is 1. The number of nitrogens with zero attached hydrogens (tertiary/aromatic N) is 5. The van der Waals surface area contributed by atoms with Crippen molar-refractivity contribution in [3.8, 4) is 5.75 Å². The van der Waals surface area contributed by atoms with Gasteiger partial charge in [0.15, 0.2) is 5.82 Å². The van der Waals surface area contributed by atoms with Crippen molar-refractivity contribution in [1.29, 1.82) is 0 Å². The topological polar surface area (TPSA) is 56.1 Å². The molecule has 1 aliphatic carbocycles. The molecule has 1 fully saturated rings. The van der Waals surface area contributed by atoms with Gasteiger partial charge in [-0.25, -0.2) is 4.68 Å². The second-order valence-corrected chi connectivity index (χ2v) is 7.30. The smallest absolute Gasteiger partial charge is 0.168 e. The first-order valence-corrected chi connectivity index (χ1v) is 9.44. The summed E-state index contributed by atoms with van der Waals surface area (Å²) in [5, 5.41) is 12.7. The van der Waals surface area contributed by atoms with E-state index >= 15 is 0 Å². The second kappa shape index (κ2) is 7.12. The molecule has 0 amide bonds. The molecule has 1 aromatic carbocycles. The van der Waals surface area contributed by atoms with Crippen molar-refractivity contribution >= 4 is 0 Å². The lowest BCUT2D eigenvalue weighted by Gasteiger charge is -2.34. The number of hydrogen-bond donors (Lipinski definition) is 0. The molecule has 2 heterocycles. The van der Waals surface area contributed by atoms with E-state index in [0.717, 1.165) is 31.1 Å². The van der Waals surface area contributed by atoms with E-state index < -0.39 is 0 Å². The maximum Gasteiger partial charge on any atom is 0.168 e. The summed E-state index contributed by atoms with van der Waals surface area (Å²) in [7, 11) is 1.73. The first kappa shape index (κ1) is 16.5. The highest BCUT2D eigenvalue weighted by Gasteiger charge is 2.28. The van der Waals surface area contributed by atoms with Gasteiger partial charge in [-0.15, -0.1) is 5.10 Å². The molecule has 6 nitrogen and oxygen atoms in total. The zero-order valence-corrected chi connectivity index (χ0v) is 15.2. The molecule has 1 atom stereocenters. The van der Waals surface area contributed by atoms with Gasteiger partial charge >= 0.3 is 0 Å². The maximum absolute atomic E-state index is 5.39. The molecule has 134 valence electrons. The normalized spacial score (nSPS) is 20.2. The highest BCUT2D eigenvalue weighted by Crippen LogP contribution is 2.32. The zero-order valence-electron chi connectivity index (χ0n) is 15.2. The molecule has 0 saturated heterocycles. The minimum Gasteiger partial charge on any atom is -0.497 e. The third kappa shape index (κ3) is 3.27. The molecule has 6 heteroatoms. The standard InChI is InChI=1S/C19H27N5O/c1-14(19-20-21-22-24(19)17-6-4-3-5-7-17)23-11-10-15-8-9-18(25-2)12-16(15)13-23/h8-9,12,14,17H,3-7,10-11,13H2,1-2H3. The van der Waals surface area contributed by atoms with Crippen LogP contribution >= 0.6 is 0 Å². The van der Waals surface area contributed by atoms with E-state index in [1.54, 1.807) is 7.11 Å². The van der Waals surface area contributed by atoms with E-state index in [1.165, 1.54) is 43.2 Å². The van der Waals surface area contributed by atoms with Crippen molar-refractivity contribution in [3.63, 3.8) is 0 Å². The van der Waals surface area contributed by atoms with Crippen molar-refractivity contribution in [2.75, 3.05) is 13.7 Å². The highest BCUT2D eigenvalue weighted by molar-refractivity contribution is 5.37. The quantitative estimate of drug-likeness (QED) is 0.854. The summed E-state index contributed by atoms with van der Waals surface area (Å²) in [6.45, 7) is 4.19. The number of hydrogen-bond acceptors (Lipinski definition) is 5. The molecular weight excluding hydrogens is 314 g/mol. The first-order valence-electron chi connectivity index (χ1n) is 9.44. The Morgan fingerprint density at radius 2 is 2.00 bits per heavy atom. The largest absolute Gasteiger partial charge is 0.497 e. The minimum absolute atomic E-state index is 0.219. The number of methoxy groups -OCH3 is 1. The summed E-state index contributed by atoms with van der Waals surface area (Å²) >= 11 is 0. The molecule has 2 aliphatic rings. The fraction of sp³-hybridized carbons (Fsp3) is 0.632. The Hall–Kier alpha value is -1.95. The van der Waals surface area contributed by atoms with Crippen LogP contribution in [0.1, 0.15) is 68.1 Å². The second-order valence-electron chi connectivity index (χ2n) is 7.30. The molecule has 0 N–H and O–H groups in total. The number of ether oxygens (including phenoxy) is 1. The lowest BCUT2D eigenvalue weighted by atomic mass is 9.95. The third-order valence-corrected chi connectivity index (χ3v) is 5.82. The van der Waals surface area contributed by atoms with Crippen LogP contribution in [0.2, 0.25) is 0 Å². The van der Waals surface area contributed by atoms with Crippen molar-refractivity contribution in [3.05, 3.63) is 35.2 Å². The highest BCUT2D eigenvalue weighted by atomic mass is 16.5. The third-order valence-electron chi connectivity index (χ3n) is 5.82. The van der Waals surface area contributed by atoms with Crippen molar-refractivity contribution in [1.82, 2.24) is 25.1 Å². The van der Waals surface area contributed by atoms with Crippen molar-refractivity contribution < 1.29 is 4.74 Å². The van der Waals surface area contributed by atoms with Gasteiger partial charge < -0.3 is 4.74 Å². The van der Waals surface area contributed by atoms with Crippen molar-refractivity contribution in [2.24, 2.45) is 0 Å². The Bertz CT molecular complexity index is 722. The van der Waals surface area contributed by atoms with Crippen LogP contribution in [-0.4, -0.2) is 38.8 Å². The van der Waals surface area contributed by atoms with Gasteiger partial charge in [0.2, 0.25) is 0 Å². The molecule has 25 heavy (non-hydrogen) atoms. The summed E-state index contributed by atoms with van der Waals surface area (Å²) < 4.78 is 7.49. The van der Waals surface area contributed by atoms with E-state index in [9.17, 15) is 0 Å².